The molecule has 4 aromatic rings. The van der Waals surface area contributed by atoms with Gasteiger partial charge in [0.2, 0.25) is 0 Å². The second-order valence-corrected chi connectivity index (χ2v) is 12.4. The van der Waals surface area contributed by atoms with E-state index in [-0.39, 0.29) is 21.3 Å². The average Bonchev–Trinajstić information content (AvgIpc) is 2.93. The summed E-state index contributed by atoms with van der Waals surface area (Å²) in [5, 5.41) is 0. The maximum Gasteiger partial charge on any atom is 0.339 e. The number of hydrogen-bond donors (Lipinski definition) is 0. The Morgan fingerprint density at radius 3 is 1.13 bits per heavy atom. The Hall–Kier alpha value is -4.14. The molecule has 0 atom stereocenters. The minimum absolute atomic E-state index is 0.0515. The Kier molecular flexibility index (Phi) is 7.81. The Bertz CT molecular complexity index is 1560. The second kappa shape index (κ2) is 10.9. The van der Waals surface area contributed by atoms with Crippen molar-refractivity contribution in [1.82, 2.24) is 0 Å². The zero-order chi connectivity index (χ0) is 28.3. The molecular weight excluding hydrogens is 532 g/mol. The topological polar surface area (TPSA) is 86.7 Å². The van der Waals surface area contributed by atoms with Crippen molar-refractivity contribution in [2.75, 3.05) is 0 Å². The van der Waals surface area contributed by atoms with Gasteiger partial charge in [-0.2, -0.15) is 16.8 Å². The second-order valence-electron chi connectivity index (χ2n) is 9.29. The lowest BCUT2D eigenvalue weighted by atomic mass is 9.78. The lowest BCUT2D eigenvalue weighted by Gasteiger charge is -2.26. The Balaban J connectivity index is 1.47. The highest BCUT2D eigenvalue weighted by Gasteiger charge is 2.25. The van der Waals surface area contributed by atoms with E-state index in [9.17, 15) is 16.8 Å². The number of hydrogen-bond acceptors (Lipinski definition) is 6. The molecule has 0 N–H and O–H groups in total. The maximum absolute atomic E-state index is 12.6. The molecular formula is C31H28O6S2. The molecule has 0 amide bonds. The summed E-state index contributed by atoms with van der Waals surface area (Å²) in [5.74, 6) is 0.384. The molecule has 6 nitrogen and oxygen atoms in total. The molecule has 0 radical (unpaired) electrons. The van der Waals surface area contributed by atoms with Crippen LogP contribution in [0.15, 0.2) is 120 Å². The van der Waals surface area contributed by atoms with Gasteiger partial charge in [0.05, 0.1) is 0 Å². The highest BCUT2D eigenvalue weighted by Crippen LogP contribution is 2.34. The van der Waals surface area contributed by atoms with E-state index in [1.54, 1.807) is 84.9 Å². The van der Waals surface area contributed by atoms with Gasteiger partial charge in [-0.05, 0) is 70.8 Å². The number of rotatable bonds is 10. The summed E-state index contributed by atoms with van der Waals surface area (Å²) in [6.07, 6.45) is 3.26. The third kappa shape index (κ3) is 6.30. The van der Waals surface area contributed by atoms with E-state index in [1.807, 2.05) is 13.8 Å². The molecule has 0 bridgehead atoms. The van der Waals surface area contributed by atoms with Crippen LogP contribution < -0.4 is 8.37 Å². The van der Waals surface area contributed by atoms with E-state index in [2.05, 4.69) is 13.2 Å². The summed E-state index contributed by atoms with van der Waals surface area (Å²) in [4.78, 5) is 0.103. The van der Waals surface area contributed by atoms with Gasteiger partial charge in [-0.1, -0.05) is 87.7 Å². The zero-order valence-corrected chi connectivity index (χ0v) is 23.2. The fourth-order valence-electron chi connectivity index (χ4n) is 3.91. The fraction of sp³-hybridized carbons (Fsp3) is 0.0968. The van der Waals surface area contributed by atoms with Crippen molar-refractivity contribution >= 4 is 32.4 Å². The monoisotopic (exact) mass is 560 g/mol. The fourth-order valence-corrected chi connectivity index (χ4v) is 5.77. The standard InChI is InChI=1S/C31H28O6S2/c1-5-23-7-19-29(20-8-23)38(32,33)36-27-15-11-25(12-16-27)31(3,4)26-13-17-28(18-14-26)37-39(34,35)30-21-9-24(6-2)10-22-30/h5-22H,1-2H2,3-4H3. The van der Waals surface area contributed by atoms with E-state index in [0.717, 1.165) is 22.3 Å². The van der Waals surface area contributed by atoms with Crippen molar-refractivity contribution in [3.05, 3.63) is 132 Å². The van der Waals surface area contributed by atoms with E-state index in [4.69, 9.17) is 8.37 Å². The van der Waals surface area contributed by atoms with Crippen LogP contribution in [0.1, 0.15) is 36.1 Å². The van der Waals surface area contributed by atoms with Gasteiger partial charge < -0.3 is 8.37 Å². The van der Waals surface area contributed by atoms with Gasteiger partial charge in [-0.15, -0.1) is 0 Å². The number of benzene rings is 4. The third-order valence-electron chi connectivity index (χ3n) is 6.37. The van der Waals surface area contributed by atoms with Crippen LogP contribution in [0.25, 0.3) is 12.2 Å². The van der Waals surface area contributed by atoms with Crippen LogP contribution in [0.2, 0.25) is 0 Å². The van der Waals surface area contributed by atoms with Gasteiger partial charge in [0.15, 0.2) is 0 Å². The minimum Gasteiger partial charge on any atom is -0.379 e. The predicted molar refractivity (Wildman–Crippen MR) is 154 cm³/mol. The molecule has 39 heavy (non-hydrogen) atoms. The summed E-state index contributed by atoms with van der Waals surface area (Å²) < 4.78 is 61.2. The van der Waals surface area contributed by atoms with Crippen LogP contribution in [0.5, 0.6) is 11.5 Å². The lowest BCUT2D eigenvalue weighted by molar-refractivity contribution is 0.484. The van der Waals surface area contributed by atoms with Crippen LogP contribution in [0.3, 0.4) is 0 Å². The summed E-state index contributed by atoms with van der Waals surface area (Å²) in [7, 11) is -7.97. The van der Waals surface area contributed by atoms with Gasteiger partial charge in [0, 0.05) is 5.41 Å². The minimum atomic E-state index is -3.98. The molecule has 0 aliphatic heterocycles. The first-order chi connectivity index (χ1) is 18.4. The Morgan fingerprint density at radius 1 is 0.538 bits per heavy atom. The van der Waals surface area contributed by atoms with Crippen molar-refractivity contribution < 1.29 is 25.2 Å². The molecule has 4 aromatic carbocycles. The van der Waals surface area contributed by atoms with Gasteiger partial charge in [-0.25, -0.2) is 0 Å². The highest BCUT2D eigenvalue weighted by molar-refractivity contribution is 7.87. The van der Waals surface area contributed by atoms with E-state index in [1.165, 1.54) is 24.3 Å². The average molecular weight is 561 g/mol. The summed E-state index contributed by atoms with van der Waals surface area (Å²) in [6, 6.07) is 26.1. The van der Waals surface area contributed by atoms with Crippen LogP contribution >= 0.6 is 0 Å². The maximum atomic E-state index is 12.6. The molecule has 0 fully saturated rings. The van der Waals surface area contributed by atoms with Crippen molar-refractivity contribution in [2.24, 2.45) is 0 Å². The SMILES string of the molecule is C=Cc1ccc(S(=O)(=O)Oc2ccc(C(C)(C)c3ccc(OS(=O)(=O)c4ccc(C=C)cc4)cc3)cc2)cc1. The molecule has 0 aromatic heterocycles. The molecule has 0 aliphatic carbocycles. The molecule has 0 unspecified atom stereocenters. The zero-order valence-electron chi connectivity index (χ0n) is 21.6. The molecule has 0 heterocycles. The van der Waals surface area contributed by atoms with Crippen LogP contribution in [-0.4, -0.2) is 16.8 Å². The molecule has 8 heteroatoms. The molecule has 0 saturated carbocycles. The van der Waals surface area contributed by atoms with Crippen molar-refractivity contribution in [2.45, 2.75) is 29.1 Å². The smallest absolute Gasteiger partial charge is 0.339 e. The van der Waals surface area contributed by atoms with E-state index < -0.39 is 25.7 Å². The lowest BCUT2D eigenvalue weighted by Crippen LogP contribution is -2.19. The van der Waals surface area contributed by atoms with E-state index in [0.29, 0.717) is 0 Å². The Labute approximate surface area is 230 Å². The molecule has 0 aliphatic rings. The normalized spacial score (nSPS) is 11.9. The van der Waals surface area contributed by atoms with Gasteiger partial charge in [-0.3, -0.25) is 0 Å². The summed E-state index contributed by atoms with van der Waals surface area (Å²) in [6.45, 7) is 11.3. The molecule has 0 saturated heterocycles. The summed E-state index contributed by atoms with van der Waals surface area (Å²) >= 11 is 0. The predicted octanol–water partition coefficient (Wildman–Crippen LogP) is 6.83. The largest absolute Gasteiger partial charge is 0.379 e. The quantitative estimate of drug-likeness (QED) is 0.198. The molecule has 0 spiro atoms. The Morgan fingerprint density at radius 2 is 0.846 bits per heavy atom. The first kappa shape index (κ1) is 27.9. The van der Waals surface area contributed by atoms with Crippen LogP contribution in [0.4, 0.5) is 0 Å². The van der Waals surface area contributed by atoms with Crippen molar-refractivity contribution in [3.63, 3.8) is 0 Å². The van der Waals surface area contributed by atoms with Gasteiger partial charge in [0.25, 0.3) is 0 Å². The molecule has 200 valence electrons. The molecule has 4 rings (SSSR count). The van der Waals surface area contributed by atoms with Gasteiger partial charge in [0.1, 0.15) is 21.3 Å². The van der Waals surface area contributed by atoms with Crippen LogP contribution in [-0.2, 0) is 25.7 Å². The van der Waals surface area contributed by atoms with Crippen molar-refractivity contribution in [3.8, 4) is 11.5 Å². The summed E-state index contributed by atoms with van der Waals surface area (Å²) in [5.41, 5.74) is 2.95. The van der Waals surface area contributed by atoms with E-state index >= 15 is 0 Å². The van der Waals surface area contributed by atoms with Gasteiger partial charge >= 0.3 is 20.2 Å². The van der Waals surface area contributed by atoms with Crippen molar-refractivity contribution in [1.29, 1.82) is 0 Å². The first-order valence-corrected chi connectivity index (χ1v) is 14.8. The highest BCUT2D eigenvalue weighted by atomic mass is 32.2. The first-order valence-electron chi connectivity index (χ1n) is 12.0. The van der Waals surface area contributed by atoms with Crippen LogP contribution in [0, 0.1) is 0 Å². The third-order valence-corrected chi connectivity index (χ3v) is 8.90.